The van der Waals surface area contributed by atoms with Crippen molar-refractivity contribution in [2.24, 2.45) is 0 Å². The highest BCUT2D eigenvalue weighted by atomic mass is 35.5. The lowest BCUT2D eigenvalue weighted by Gasteiger charge is -2.18. The van der Waals surface area contributed by atoms with Crippen LogP contribution in [0.1, 0.15) is 10.4 Å². The highest BCUT2D eigenvalue weighted by molar-refractivity contribution is 7.14. The quantitative estimate of drug-likeness (QED) is 0.559. The maximum absolute atomic E-state index is 13.2. The van der Waals surface area contributed by atoms with Gasteiger partial charge < -0.3 is 0 Å². The second-order valence-corrected chi connectivity index (χ2v) is 6.45. The van der Waals surface area contributed by atoms with Crippen molar-refractivity contribution in [1.82, 2.24) is 4.98 Å². The summed E-state index contributed by atoms with van der Waals surface area (Å²) < 4.78 is 13.2. The van der Waals surface area contributed by atoms with Gasteiger partial charge in [0.1, 0.15) is 5.82 Å². The van der Waals surface area contributed by atoms with E-state index in [0.29, 0.717) is 5.13 Å². The number of hydrogen-bond acceptors (Lipinski definition) is 3. The van der Waals surface area contributed by atoms with Crippen molar-refractivity contribution in [1.29, 1.82) is 0 Å². The molecule has 0 radical (unpaired) electrons. The summed E-state index contributed by atoms with van der Waals surface area (Å²) in [5, 5.41) is 2.49. The van der Waals surface area contributed by atoms with Gasteiger partial charge in [0.15, 0.2) is 5.13 Å². The van der Waals surface area contributed by atoms with Gasteiger partial charge in [-0.2, -0.15) is 0 Å². The van der Waals surface area contributed by atoms with Crippen molar-refractivity contribution >= 4 is 34.0 Å². The summed E-state index contributed by atoms with van der Waals surface area (Å²) in [5.41, 5.74) is 1.98. The van der Waals surface area contributed by atoms with E-state index >= 15 is 0 Å². The second-order valence-electron chi connectivity index (χ2n) is 5.21. The van der Waals surface area contributed by atoms with E-state index in [1.807, 2.05) is 35.7 Å². The lowest BCUT2D eigenvalue weighted by molar-refractivity contribution is 0.0990. The maximum Gasteiger partial charge on any atom is 0.261 e. The Morgan fingerprint density at radius 1 is 1.28 bits per heavy atom. The lowest BCUT2D eigenvalue weighted by Crippen LogP contribution is -2.31. The molecule has 0 atom stereocenters. The zero-order valence-electron chi connectivity index (χ0n) is 13.2. The van der Waals surface area contributed by atoms with Gasteiger partial charge in [-0.05, 0) is 18.2 Å². The molecule has 0 unspecified atom stereocenters. The van der Waals surface area contributed by atoms with Crippen molar-refractivity contribution in [2.45, 2.75) is 0 Å². The molecule has 0 spiro atoms. The van der Waals surface area contributed by atoms with Crippen LogP contribution in [0.3, 0.4) is 0 Å². The highest BCUT2D eigenvalue weighted by Crippen LogP contribution is 2.29. The van der Waals surface area contributed by atoms with E-state index in [9.17, 15) is 9.18 Å². The lowest BCUT2D eigenvalue weighted by atomic mass is 10.2. The molecule has 126 valence electrons. The molecular weight excluding hydrogens is 359 g/mol. The van der Waals surface area contributed by atoms with Crippen LogP contribution in [0.4, 0.5) is 9.52 Å². The Bertz CT molecular complexity index is 911. The van der Waals surface area contributed by atoms with Gasteiger partial charge in [-0.15, -0.1) is 17.9 Å². The van der Waals surface area contributed by atoms with Crippen LogP contribution in [0.2, 0.25) is 5.02 Å². The number of benzene rings is 2. The van der Waals surface area contributed by atoms with E-state index in [1.54, 1.807) is 6.08 Å². The van der Waals surface area contributed by atoms with Crippen LogP contribution >= 0.6 is 22.9 Å². The van der Waals surface area contributed by atoms with Crippen molar-refractivity contribution in [3.63, 3.8) is 0 Å². The van der Waals surface area contributed by atoms with Gasteiger partial charge in [0.05, 0.1) is 16.3 Å². The van der Waals surface area contributed by atoms with Crippen molar-refractivity contribution in [2.75, 3.05) is 11.4 Å². The van der Waals surface area contributed by atoms with Gasteiger partial charge in [0.25, 0.3) is 5.91 Å². The van der Waals surface area contributed by atoms with E-state index < -0.39 is 5.82 Å². The number of thiazole rings is 1. The molecule has 0 N–H and O–H groups in total. The molecule has 0 saturated heterocycles. The van der Waals surface area contributed by atoms with Gasteiger partial charge in [-0.1, -0.05) is 48.0 Å². The number of halogens is 2. The SMILES string of the molecule is C=CCN(C(=O)c1ccc(F)cc1Cl)c1nc(-c2ccccc2)cs1. The summed E-state index contributed by atoms with van der Waals surface area (Å²) in [6.45, 7) is 3.97. The normalized spacial score (nSPS) is 10.5. The number of anilines is 1. The molecule has 0 bridgehead atoms. The summed E-state index contributed by atoms with van der Waals surface area (Å²) in [6, 6.07) is 13.4. The van der Waals surface area contributed by atoms with E-state index in [0.717, 1.165) is 17.3 Å². The molecule has 1 aromatic heterocycles. The smallest absolute Gasteiger partial charge is 0.261 e. The molecule has 3 nitrogen and oxygen atoms in total. The van der Waals surface area contributed by atoms with Gasteiger partial charge in [0.2, 0.25) is 0 Å². The first kappa shape index (κ1) is 17.3. The Labute approximate surface area is 154 Å². The predicted octanol–water partition coefficient (Wildman–Crippen LogP) is 5.44. The Morgan fingerprint density at radius 3 is 2.72 bits per heavy atom. The molecule has 0 fully saturated rings. The number of carbonyl (C=O) groups excluding carboxylic acids is 1. The molecule has 0 saturated carbocycles. The fourth-order valence-corrected chi connectivity index (χ4v) is 3.40. The molecule has 0 aliphatic heterocycles. The van der Waals surface area contributed by atoms with E-state index in [2.05, 4.69) is 11.6 Å². The maximum atomic E-state index is 13.2. The number of carbonyl (C=O) groups is 1. The average Bonchev–Trinajstić information content (AvgIpc) is 3.09. The van der Waals surface area contributed by atoms with E-state index in [-0.39, 0.29) is 23.0 Å². The number of rotatable bonds is 5. The molecule has 0 aliphatic carbocycles. The fourth-order valence-electron chi connectivity index (χ4n) is 2.32. The summed E-state index contributed by atoms with van der Waals surface area (Å²) in [7, 11) is 0. The Balaban J connectivity index is 1.95. The van der Waals surface area contributed by atoms with Crippen molar-refractivity contribution < 1.29 is 9.18 Å². The summed E-state index contributed by atoms with van der Waals surface area (Å²) in [6.07, 6.45) is 1.61. The zero-order valence-corrected chi connectivity index (χ0v) is 14.7. The molecule has 3 rings (SSSR count). The molecule has 0 aliphatic rings. The first-order chi connectivity index (χ1) is 12.1. The minimum atomic E-state index is -0.488. The second kappa shape index (κ2) is 7.59. The summed E-state index contributed by atoms with van der Waals surface area (Å²) >= 11 is 7.38. The number of hydrogen-bond donors (Lipinski definition) is 0. The monoisotopic (exact) mass is 372 g/mol. The van der Waals surface area contributed by atoms with Crippen LogP contribution in [0.25, 0.3) is 11.3 Å². The third-order valence-corrected chi connectivity index (χ3v) is 4.69. The third kappa shape index (κ3) is 3.78. The molecule has 6 heteroatoms. The van der Waals surface area contributed by atoms with Gasteiger partial charge in [-0.3, -0.25) is 9.69 Å². The Hall–Kier alpha value is -2.50. The molecule has 3 aromatic rings. The molecule has 2 aromatic carbocycles. The van der Waals surface area contributed by atoms with Crippen molar-refractivity contribution in [3.05, 3.63) is 83.0 Å². The van der Waals surface area contributed by atoms with Gasteiger partial charge >= 0.3 is 0 Å². The standard InChI is InChI=1S/C19H14ClFN2OS/c1-2-10-23(18(24)15-9-8-14(21)11-16(15)20)19-22-17(12-25-19)13-6-4-3-5-7-13/h2-9,11-12H,1,10H2. The molecule has 25 heavy (non-hydrogen) atoms. The van der Waals surface area contributed by atoms with Gasteiger partial charge in [0, 0.05) is 17.5 Å². The minimum Gasteiger partial charge on any atom is -0.280 e. The zero-order chi connectivity index (χ0) is 17.8. The van der Waals surface area contributed by atoms with Crippen LogP contribution in [0, 0.1) is 5.82 Å². The highest BCUT2D eigenvalue weighted by Gasteiger charge is 2.22. The summed E-state index contributed by atoms with van der Waals surface area (Å²) in [5.74, 6) is -0.837. The summed E-state index contributed by atoms with van der Waals surface area (Å²) in [4.78, 5) is 18.9. The van der Waals surface area contributed by atoms with E-state index in [4.69, 9.17) is 11.6 Å². The van der Waals surface area contributed by atoms with Crippen LogP contribution in [-0.2, 0) is 0 Å². The molecule has 1 heterocycles. The Kier molecular flexibility index (Phi) is 5.26. The topological polar surface area (TPSA) is 33.2 Å². The fraction of sp³-hybridized carbons (Fsp3) is 0.0526. The van der Waals surface area contributed by atoms with E-state index in [1.165, 1.54) is 28.4 Å². The van der Waals surface area contributed by atoms with Crippen LogP contribution < -0.4 is 4.90 Å². The number of nitrogens with zero attached hydrogens (tertiary/aromatic N) is 2. The Morgan fingerprint density at radius 2 is 2.04 bits per heavy atom. The van der Waals surface area contributed by atoms with Crippen molar-refractivity contribution in [3.8, 4) is 11.3 Å². The third-order valence-electron chi connectivity index (χ3n) is 3.51. The van der Waals surface area contributed by atoms with Gasteiger partial charge in [-0.25, -0.2) is 9.37 Å². The van der Waals surface area contributed by atoms with Crippen LogP contribution in [0.5, 0.6) is 0 Å². The largest absolute Gasteiger partial charge is 0.280 e. The average molecular weight is 373 g/mol. The first-order valence-electron chi connectivity index (χ1n) is 7.49. The predicted molar refractivity (Wildman–Crippen MR) is 101 cm³/mol. The van der Waals surface area contributed by atoms with Crippen LogP contribution in [0.15, 0.2) is 66.6 Å². The number of amides is 1. The number of aromatic nitrogens is 1. The molecular formula is C19H14ClFN2OS. The first-order valence-corrected chi connectivity index (χ1v) is 8.74. The van der Waals surface area contributed by atoms with Crippen LogP contribution in [-0.4, -0.2) is 17.4 Å². The minimum absolute atomic E-state index is 0.0684. The molecule has 1 amide bonds.